The molecule has 5 nitrogen and oxygen atoms in total. The number of hydrogen-bond acceptors (Lipinski definition) is 5. The summed E-state index contributed by atoms with van der Waals surface area (Å²) in [6.07, 6.45) is 0. The SMILES string of the molecule is CN1CCN(c2ccc(-c3ccc(N)s3)cc2C(N)=O)CC1. The van der Waals surface area contributed by atoms with Crippen LogP contribution in [0, 0.1) is 0 Å². The van der Waals surface area contributed by atoms with Gasteiger partial charge in [0.1, 0.15) is 0 Å². The van der Waals surface area contributed by atoms with Crippen LogP contribution in [0.5, 0.6) is 0 Å². The summed E-state index contributed by atoms with van der Waals surface area (Å²) in [5.74, 6) is -0.389. The Morgan fingerprint density at radius 1 is 1.14 bits per heavy atom. The van der Waals surface area contributed by atoms with Crippen molar-refractivity contribution in [3.8, 4) is 10.4 Å². The van der Waals surface area contributed by atoms with Crippen molar-refractivity contribution < 1.29 is 4.79 Å². The highest BCUT2D eigenvalue weighted by Crippen LogP contribution is 2.33. The van der Waals surface area contributed by atoms with Gasteiger partial charge in [-0.15, -0.1) is 11.3 Å². The molecule has 6 heteroatoms. The van der Waals surface area contributed by atoms with E-state index in [2.05, 4.69) is 16.8 Å². The van der Waals surface area contributed by atoms with Crippen molar-refractivity contribution in [3.05, 3.63) is 35.9 Å². The molecule has 2 heterocycles. The number of likely N-dealkylation sites (N-methyl/N-ethyl adjacent to an activating group) is 1. The normalized spacial score (nSPS) is 16.0. The number of nitrogens with two attached hydrogens (primary N) is 2. The van der Waals surface area contributed by atoms with Crippen molar-refractivity contribution in [1.82, 2.24) is 4.90 Å². The second-order valence-electron chi connectivity index (χ2n) is 5.59. The van der Waals surface area contributed by atoms with Crippen molar-refractivity contribution >= 4 is 27.9 Å². The first-order chi connectivity index (χ1) is 10.5. The third-order valence-electron chi connectivity index (χ3n) is 4.02. The molecule has 22 heavy (non-hydrogen) atoms. The number of carbonyl (C=O) groups is 1. The number of benzene rings is 1. The molecular weight excluding hydrogens is 296 g/mol. The Kier molecular flexibility index (Phi) is 4.04. The molecule has 0 spiro atoms. The van der Waals surface area contributed by atoms with Gasteiger partial charge in [0, 0.05) is 36.7 Å². The van der Waals surface area contributed by atoms with Crippen LogP contribution < -0.4 is 16.4 Å². The van der Waals surface area contributed by atoms with Crippen LogP contribution in [0.15, 0.2) is 30.3 Å². The molecule has 1 fully saturated rings. The molecule has 1 aliphatic heterocycles. The van der Waals surface area contributed by atoms with Gasteiger partial charge >= 0.3 is 0 Å². The lowest BCUT2D eigenvalue weighted by molar-refractivity contribution is 0.100. The van der Waals surface area contributed by atoms with Gasteiger partial charge in [0.2, 0.25) is 0 Å². The monoisotopic (exact) mass is 316 g/mol. The molecule has 1 amide bonds. The van der Waals surface area contributed by atoms with Crippen LogP contribution >= 0.6 is 11.3 Å². The zero-order valence-corrected chi connectivity index (χ0v) is 13.4. The van der Waals surface area contributed by atoms with Crippen molar-refractivity contribution in [1.29, 1.82) is 0 Å². The number of anilines is 2. The van der Waals surface area contributed by atoms with Crippen molar-refractivity contribution in [2.45, 2.75) is 0 Å². The highest BCUT2D eigenvalue weighted by Gasteiger charge is 2.19. The number of rotatable bonds is 3. The first-order valence-corrected chi connectivity index (χ1v) is 8.09. The fourth-order valence-electron chi connectivity index (χ4n) is 2.72. The zero-order valence-electron chi connectivity index (χ0n) is 12.6. The Morgan fingerprint density at radius 3 is 2.45 bits per heavy atom. The number of thiophene rings is 1. The minimum Gasteiger partial charge on any atom is -0.391 e. The lowest BCUT2D eigenvalue weighted by atomic mass is 10.1. The molecule has 2 aromatic rings. The molecule has 0 aliphatic carbocycles. The number of carbonyl (C=O) groups excluding carboxylic acids is 1. The fourth-order valence-corrected chi connectivity index (χ4v) is 3.49. The minimum atomic E-state index is -0.389. The van der Waals surface area contributed by atoms with Gasteiger partial charge in [-0.3, -0.25) is 4.79 Å². The van der Waals surface area contributed by atoms with E-state index in [9.17, 15) is 4.79 Å². The van der Waals surface area contributed by atoms with E-state index in [0.717, 1.165) is 47.3 Å². The largest absolute Gasteiger partial charge is 0.391 e. The van der Waals surface area contributed by atoms with Crippen molar-refractivity contribution in [3.63, 3.8) is 0 Å². The second kappa shape index (κ2) is 5.98. The van der Waals surface area contributed by atoms with Crippen LogP contribution in [0.4, 0.5) is 10.7 Å². The summed E-state index contributed by atoms with van der Waals surface area (Å²) in [6.45, 7) is 3.78. The molecule has 1 aliphatic rings. The third kappa shape index (κ3) is 2.93. The Bertz CT molecular complexity index is 689. The Morgan fingerprint density at radius 2 is 1.86 bits per heavy atom. The van der Waals surface area contributed by atoms with E-state index in [1.54, 1.807) is 0 Å². The topological polar surface area (TPSA) is 75.6 Å². The summed E-state index contributed by atoms with van der Waals surface area (Å²) in [4.78, 5) is 17.4. The Labute approximate surface area is 134 Å². The van der Waals surface area contributed by atoms with Crippen LogP contribution in [0.3, 0.4) is 0 Å². The number of primary amides is 1. The summed E-state index contributed by atoms with van der Waals surface area (Å²) in [5, 5.41) is 0.763. The van der Waals surface area contributed by atoms with E-state index < -0.39 is 0 Å². The predicted molar refractivity (Wildman–Crippen MR) is 92.4 cm³/mol. The lowest BCUT2D eigenvalue weighted by Gasteiger charge is -2.35. The van der Waals surface area contributed by atoms with Gasteiger partial charge in [-0.2, -0.15) is 0 Å². The van der Waals surface area contributed by atoms with Crippen LogP contribution in [0.1, 0.15) is 10.4 Å². The van der Waals surface area contributed by atoms with Crippen LogP contribution in [0.25, 0.3) is 10.4 Å². The molecule has 1 saturated heterocycles. The predicted octanol–water partition coefficient (Wildman–Crippen LogP) is 1.85. The molecule has 4 N–H and O–H groups in total. The van der Waals surface area contributed by atoms with E-state index in [0.29, 0.717) is 5.56 Å². The van der Waals surface area contributed by atoms with E-state index in [1.165, 1.54) is 11.3 Å². The third-order valence-corrected chi connectivity index (χ3v) is 4.98. The van der Waals surface area contributed by atoms with E-state index in [4.69, 9.17) is 11.5 Å². The molecule has 3 rings (SSSR count). The first kappa shape index (κ1) is 14.9. The number of amides is 1. The smallest absolute Gasteiger partial charge is 0.250 e. The van der Waals surface area contributed by atoms with Gasteiger partial charge in [-0.25, -0.2) is 0 Å². The van der Waals surface area contributed by atoms with E-state index in [1.807, 2.05) is 30.3 Å². The Hall–Kier alpha value is -2.05. The van der Waals surface area contributed by atoms with Crippen molar-refractivity contribution in [2.75, 3.05) is 43.9 Å². The van der Waals surface area contributed by atoms with Crippen LogP contribution in [0.2, 0.25) is 0 Å². The maximum atomic E-state index is 11.9. The van der Waals surface area contributed by atoms with Gasteiger partial charge in [0.25, 0.3) is 5.91 Å². The standard InChI is InChI=1S/C16H20N4OS/c1-19-6-8-20(9-7-19)13-3-2-11(10-12(13)16(18)21)14-4-5-15(17)22-14/h2-5,10H,6-9,17H2,1H3,(H2,18,21). The highest BCUT2D eigenvalue weighted by molar-refractivity contribution is 7.19. The van der Waals surface area contributed by atoms with Gasteiger partial charge < -0.3 is 21.3 Å². The van der Waals surface area contributed by atoms with E-state index >= 15 is 0 Å². The molecule has 116 valence electrons. The van der Waals surface area contributed by atoms with Gasteiger partial charge in [-0.05, 0) is 36.9 Å². The molecule has 1 aromatic heterocycles. The summed E-state index contributed by atoms with van der Waals surface area (Å²) >= 11 is 1.51. The highest BCUT2D eigenvalue weighted by atomic mass is 32.1. The fraction of sp³-hybridized carbons (Fsp3) is 0.312. The average Bonchev–Trinajstić information content (AvgIpc) is 2.94. The maximum absolute atomic E-state index is 11.9. The molecule has 0 bridgehead atoms. The molecule has 0 unspecified atom stereocenters. The molecule has 0 radical (unpaired) electrons. The maximum Gasteiger partial charge on any atom is 0.250 e. The quantitative estimate of drug-likeness (QED) is 0.906. The van der Waals surface area contributed by atoms with E-state index in [-0.39, 0.29) is 5.91 Å². The summed E-state index contributed by atoms with van der Waals surface area (Å²) < 4.78 is 0. The molecular formula is C16H20N4OS. The van der Waals surface area contributed by atoms with Gasteiger partial charge in [-0.1, -0.05) is 6.07 Å². The number of hydrogen-bond donors (Lipinski definition) is 2. The van der Waals surface area contributed by atoms with Crippen LogP contribution in [-0.2, 0) is 0 Å². The second-order valence-corrected chi connectivity index (χ2v) is 6.70. The molecule has 0 saturated carbocycles. The summed E-state index contributed by atoms with van der Waals surface area (Å²) in [7, 11) is 2.11. The first-order valence-electron chi connectivity index (χ1n) is 7.27. The zero-order chi connectivity index (χ0) is 15.7. The molecule has 0 atom stereocenters. The Balaban J connectivity index is 1.95. The van der Waals surface area contributed by atoms with Crippen LogP contribution in [-0.4, -0.2) is 44.0 Å². The molecule has 1 aromatic carbocycles. The minimum absolute atomic E-state index is 0.389. The number of piperazine rings is 1. The number of nitrogen functional groups attached to an aromatic ring is 1. The van der Waals surface area contributed by atoms with Gasteiger partial charge in [0.05, 0.1) is 10.6 Å². The summed E-state index contributed by atoms with van der Waals surface area (Å²) in [5.41, 5.74) is 13.9. The van der Waals surface area contributed by atoms with Gasteiger partial charge in [0.15, 0.2) is 0 Å². The number of nitrogens with zero attached hydrogens (tertiary/aromatic N) is 2. The lowest BCUT2D eigenvalue weighted by Crippen LogP contribution is -2.45. The average molecular weight is 316 g/mol. The summed E-state index contributed by atoms with van der Waals surface area (Å²) in [6, 6.07) is 9.75. The van der Waals surface area contributed by atoms with Crippen molar-refractivity contribution in [2.24, 2.45) is 5.73 Å².